The van der Waals surface area contributed by atoms with Gasteiger partial charge >= 0.3 is 0 Å². The molecule has 1 aromatic rings. The summed E-state index contributed by atoms with van der Waals surface area (Å²) in [6, 6.07) is 0. The van der Waals surface area contributed by atoms with Gasteiger partial charge in [-0.15, -0.1) is 0 Å². The zero-order chi connectivity index (χ0) is 9.73. The van der Waals surface area contributed by atoms with E-state index in [2.05, 4.69) is 20.5 Å². The molecule has 0 aromatic carbocycles. The van der Waals surface area contributed by atoms with Gasteiger partial charge in [0.1, 0.15) is 6.33 Å². The van der Waals surface area contributed by atoms with E-state index in [0.717, 1.165) is 10.9 Å². The fraction of sp³-hybridized carbons (Fsp3) is 0.714. The summed E-state index contributed by atoms with van der Waals surface area (Å²) in [6.45, 7) is 2.06. The number of nitrogens with one attached hydrogen (secondary N) is 2. The molecule has 0 aliphatic carbocycles. The number of nitrogens with zero attached hydrogens (tertiary/aromatic N) is 2. The van der Waals surface area contributed by atoms with Crippen molar-refractivity contribution in [3.05, 3.63) is 6.33 Å². The van der Waals surface area contributed by atoms with Gasteiger partial charge in [-0.25, -0.2) is 4.98 Å². The monoisotopic (exact) mass is 202 g/mol. The summed E-state index contributed by atoms with van der Waals surface area (Å²) in [5.41, 5.74) is -0.266. The first kappa shape index (κ1) is 10.5. The average molecular weight is 202 g/mol. The van der Waals surface area contributed by atoms with Crippen molar-refractivity contribution >= 4 is 11.8 Å². The van der Waals surface area contributed by atoms with E-state index < -0.39 is 0 Å². The number of H-pyrrole nitrogens is 1. The van der Waals surface area contributed by atoms with Crippen molar-refractivity contribution in [1.82, 2.24) is 20.5 Å². The Labute approximate surface area is 81.3 Å². The van der Waals surface area contributed by atoms with Gasteiger partial charge in [0.2, 0.25) is 0 Å². The summed E-state index contributed by atoms with van der Waals surface area (Å²) in [5.74, 6) is 0.745. The molecule has 3 N–H and O–H groups in total. The molecule has 1 aromatic heterocycles. The molecule has 1 heterocycles. The molecule has 0 bridgehead atoms. The number of aromatic nitrogens is 3. The van der Waals surface area contributed by atoms with E-state index in [-0.39, 0.29) is 12.1 Å². The highest BCUT2D eigenvalue weighted by Gasteiger charge is 2.21. The summed E-state index contributed by atoms with van der Waals surface area (Å²) >= 11 is 1.53. The molecule has 1 atom stereocenters. The summed E-state index contributed by atoms with van der Waals surface area (Å²) < 4.78 is 0. The predicted molar refractivity (Wildman–Crippen MR) is 51.7 cm³/mol. The lowest BCUT2D eigenvalue weighted by molar-refractivity contribution is 0.200. The number of hydrogen-bond donors (Lipinski definition) is 3. The van der Waals surface area contributed by atoms with Crippen LogP contribution in [0.2, 0.25) is 0 Å². The van der Waals surface area contributed by atoms with Crippen LogP contribution in [0.1, 0.15) is 6.92 Å². The van der Waals surface area contributed by atoms with Crippen LogP contribution in [0.25, 0.3) is 0 Å². The lowest BCUT2D eigenvalue weighted by Gasteiger charge is -2.25. The third-order valence-corrected chi connectivity index (χ3v) is 3.12. The molecule has 13 heavy (non-hydrogen) atoms. The number of rotatable bonds is 5. The lowest BCUT2D eigenvalue weighted by Crippen LogP contribution is -2.45. The topological polar surface area (TPSA) is 73.8 Å². The third-order valence-electron chi connectivity index (χ3n) is 1.87. The first-order chi connectivity index (χ1) is 6.20. The molecule has 74 valence electrons. The zero-order valence-electron chi connectivity index (χ0n) is 7.74. The second-order valence-electron chi connectivity index (χ2n) is 3.05. The van der Waals surface area contributed by atoms with Crippen LogP contribution >= 0.6 is 11.8 Å². The molecule has 0 fully saturated rings. The van der Waals surface area contributed by atoms with Crippen molar-refractivity contribution in [1.29, 1.82) is 0 Å². The van der Waals surface area contributed by atoms with Gasteiger partial charge in [0.25, 0.3) is 0 Å². The van der Waals surface area contributed by atoms with Crippen molar-refractivity contribution in [3.8, 4) is 0 Å². The summed E-state index contributed by atoms with van der Waals surface area (Å²) in [7, 11) is 1.83. The average Bonchev–Trinajstić information content (AvgIpc) is 2.67. The second kappa shape index (κ2) is 4.59. The summed E-state index contributed by atoms with van der Waals surface area (Å²) in [6.07, 6.45) is 1.47. The van der Waals surface area contributed by atoms with Crippen LogP contribution in [-0.2, 0) is 0 Å². The number of aliphatic hydroxyl groups is 1. The molecule has 5 nitrogen and oxygen atoms in total. The molecule has 0 aliphatic rings. The van der Waals surface area contributed by atoms with Crippen LogP contribution in [0.3, 0.4) is 0 Å². The molecule has 1 unspecified atom stereocenters. The smallest absolute Gasteiger partial charge is 0.183 e. The highest BCUT2D eigenvalue weighted by atomic mass is 32.2. The van der Waals surface area contributed by atoms with Gasteiger partial charge in [-0.1, -0.05) is 11.8 Å². The standard InChI is InChI=1S/C7H14N4OS/c1-7(3-12,8-2)4-13-6-9-5-10-11-6/h5,8,12H,3-4H2,1-2H3,(H,9,10,11). The number of hydrogen-bond acceptors (Lipinski definition) is 5. The minimum absolute atomic E-state index is 0.102. The van der Waals surface area contributed by atoms with E-state index in [4.69, 9.17) is 5.11 Å². The van der Waals surface area contributed by atoms with E-state index >= 15 is 0 Å². The SMILES string of the molecule is CNC(C)(CO)CSc1ncn[nH]1. The van der Waals surface area contributed by atoms with Crippen LogP contribution in [0.5, 0.6) is 0 Å². The van der Waals surface area contributed by atoms with Gasteiger partial charge in [-0.2, -0.15) is 5.10 Å². The van der Waals surface area contributed by atoms with Crippen molar-refractivity contribution in [2.45, 2.75) is 17.6 Å². The Morgan fingerprint density at radius 1 is 1.77 bits per heavy atom. The Morgan fingerprint density at radius 3 is 3.00 bits per heavy atom. The van der Waals surface area contributed by atoms with Crippen molar-refractivity contribution in [3.63, 3.8) is 0 Å². The minimum atomic E-state index is -0.266. The molecule has 0 saturated carbocycles. The first-order valence-electron chi connectivity index (χ1n) is 3.98. The van der Waals surface area contributed by atoms with Crippen LogP contribution in [0.4, 0.5) is 0 Å². The van der Waals surface area contributed by atoms with Crippen molar-refractivity contribution in [2.75, 3.05) is 19.4 Å². The van der Waals surface area contributed by atoms with E-state index in [1.807, 2.05) is 14.0 Å². The minimum Gasteiger partial charge on any atom is -0.394 e. The number of aromatic amines is 1. The normalized spacial score (nSPS) is 15.6. The third kappa shape index (κ3) is 2.98. The fourth-order valence-electron chi connectivity index (χ4n) is 0.688. The van der Waals surface area contributed by atoms with Crippen molar-refractivity contribution < 1.29 is 5.11 Å². The van der Waals surface area contributed by atoms with Crippen LogP contribution in [0, 0.1) is 0 Å². The van der Waals surface area contributed by atoms with E-state index in [1.165, 1.54) is 18.1 Å². The fourth-order valence-corrected chi connectivity index (χ4v) is 1.62. The molecular weight excluding hydrogens is 188 g/mol. The molecule has 0 spiro atoms. The Hall–Kier alpha value is -0.590. The second-order valence-corrected chi connectivity index (χ2v) is 4.01. The van der Waals surface area contributed by atoms with E-state index in [0.29, 0.717) is 0 Å². The summed E-state index contributed by atoms with van der Waals surface area (Å²) in [4.78, 5) is 3.97. The molecular formula is C7H14N4OS. The maximum Gasteiger partial charge on any atom is 0.183 e. The highest BCUT2D eigenvalue weighted by molar-refractivity contribution is 7.99. The van der Waals surface area contributed by atoms with Gasteiger partial charge in [0.15, 0.2) is 5.16 Å². The molecule has 0 radical (unpaired) electrons. The molecule has 1 rings (SSSR count). The van der Waals surface area contributed by atoms with Gasteiger partial charge in [0.05, 0.1) is 6.61 Å². The Morgan fingerprint density at radius 2 is 2.54 bits per heavy atom. The molecule has 6 heteroatoms. The maximum absolute atomic E-state index is 9.09. The number of likely N-dealkylation sites (N-methyl/N-ethyl adjacent to an activating group) is 1. The van der Waals surface area contributed by atoms with Crippen LogP contribution < -0.4 is 5.32 Å². The molecule has 0 saturated heterocycles. The molecule has 0 amide bonds. The number of aliphatic hydroxyl groups excluding tert-OH is 1. The van der Waals surface area contributed by atoms with E-state index in [1.54, 1.807) is 0 Å². The quantitative estimate of drug-likeness (QED) is 0.580. The predicted octanol–water partition coefficient (Wildman–Crippen LogP) is -0.133. The Bertz CT molecular complexity index is 235. The Kier molecular flexibility index (Phi) is 3.71. The highest BCUT2D eigenvalue weighted by Crippen LogP contribution is 2.17. The lowest BCUT2D eigenvalue weighted by atomic mass is 10.1. The van der Waals surface area contributed by atoms with Crippen LogP contribution in [-0.4, -0.2) is 45.2 Å². The Balaban J connectivity index is 2.41. The van der Waals surface area contributed by atoms with E-state index in [9.17, 15) is 0 Å². The van der Waals surface area contributed by atoms with Crippen LogP contribution in [0.15, 0.2) is 11.5 Å². The first-order valence-corrected chi connectivity index (χ1v) is 4.97. The summed E-state index contributed by atoms with van der Waals surface area (Å²) in [5, 5.41) is 19.4. The van der Waals surface area contributed by atoms with Gasteiger partial charge in [-0.3, -0.25) is 5.10 Å². The largest absolute Gasteiger partial charge is 0.394 e. The van der Waals surface area contributed by atoms with Gasteiger partial charge in [-0.05, 0) is 14.0 Å². The molecule has 0 aliphatic heterocycles. The zero-order valence-corrected chi connectivity index (χ0v) is 8.56. The maximum atomic E-state index is 9.09. The van der Waals surface area contributed by atoms with Gasteiger partial charge in [0, 0.05) is 11.3 Å². The van der Waals surface area contributed by atoms with Crippen molar-refractivity contribution in [2.24, 2.45) is 0 Å². The number of thioether (sulfide) groups is 1. The van der Waals surface area contributed by atoms with Gasteiger partial charge < -0.3 is 10.4 Å².